The highest BCUT2D eigenvalue weighted by Crippen LogP contribution is 2.28. The standard InChI is InChI=1S/C13H14F3NO3/c14-8-4-7(10(15)12(19)11(8)16)13(20)17-9-3-1-2-6(9)5-18/h4,6,9,18-19H,1-3,5H2,(H,17,20). The quantitative estimate of drug-likeness (QED) is 0.742. The van der Waals surface area contributed by atoms with Crippen molar-refractivity contribution in [2.45, 2.75) is 25.3 Å². The van der Waals surface area contributed by atoms with Crippen LogP contribution < -0.4 is 5.32 Å². The third-order valence-electron chi connectivity index (χ3n) is 3.59. The number of aromatic hydroxyl groups is 1. The number of amides is 1. The summed E-state index contributed by atoms with van der Waals surface area (Å²) in [6.45, 7) is -0.115. The van der Waals surface area contributed by atoms with Crippen LogP contribution in [0.5, 0.6) is 5.75 Å². The molecule has 3 N–H and O–H groups in total. The first-order chi connectivity index (χ1) is 9.45. The number of aliphatic hydroxyl groups excluding tert-OH is 1. The van der Waals surface area contributed by atoms with E-state index in [1.54, 1.807) is 0 Å². The number of halogens is 3. The number of phenolic OH excluding ortho intramolecular Hbond substituents is 1. The summed E-state index contributed by atoms with van der Waals surface area (Å²) < 4.78 is 39.6. The van der Waals surface area contributed by atoms with Gasteiger partial charge in [0.2, 0.25) is 5.82 Å². The first-order valence-corrected chi connectivity index (χ1v) is 6.24. The minimum absolute atomic E-state index is 0.115. The van der Waals surface area contributed by atoms with E-state index in [1.165, 1.54) is 0 Å². The van der Waals surface area contributed by atoms with Crippen molar-refractivity contribution in [2.75, 3.05) is 6.61 Å². The molecule has 1 aliphatic rings. The van der Waals surface area contributed by atoms with Gasteiger partial charge in [-0.05, 0) is 18.9 Å². The Bertz CT molecular complexity index is 536. The average molecular weight is 289 g/mol. The van der Waals surface area contributed by atoms with Crippen molar-refractivity contribution in [1.82, 2.24) is 5.32 Å². The second-order valence-corrected chi connectivity index (χ2v) is 4.84. The molecule has 2 unspecified atom stereocenters. The molecule has 20 heavy (non-hydrogen) atoms. The van der Waals surface area contributed by atoms with Gasteiger partial charge >= 0.3 is 0 Å². The van der Waals surface area contributed by atoms with E-state index in [0.717, 1.165) is 12.8 Å². The molecule has 0 bridgehead atoms. The Morgan fingerprint density at radius 2 is 2.00 bits per heavy atom. The van der Waals surface area contributed by atoms with Gasteiger partial charge in [0.15, 0.2) is 17.4 Å². The van der Waals surface area contributed by atoms with E-state index in [9.17, 15) is 18.0 Å². The maximum Gasteiger partial charge on any atom is 0.254 e. The van der Waals surface area contributed by atoms with Crippen molar-refractivity contribution in [3.63, 3.8) is 0 Å². The zero-order valence-corrected chi connectivity index (χ0v) is 10.5. The number of hydrogen-bond donors (Lipinski definition) is 3. The van der Waals surface area contributed by atoms with E-state index >= 15 is 0 Å². The highest BCUT2D eigenvalue weighted by Gasteiger charge is 2.30. The fourth-order valence-electron chi connectivity index (χ4n) is 2.45. The molecule has 1 aromatic rings. The number of phenols is 1. The molecular weight excluding hydrogens is 275 g/mol. The van der Waals surface area contributed by atoms with Gasteiger partial charge in [-0.15, -0.1) is 0 Å². The van der Waals surface area contributed by atoms with Crippen LogP contribution in [-0.2, 0) is 0 Å². The summed E-state index contributed by atoms with van der Waals surface area (Å²) in [4.78, 5) is 11.9. The topological polar surface area (TPSA) is 69.6 Å². The van der Waals surface area contributed by atoms with Gasteiger partial charge in [-0.3, -0.25) is 4.79 Å². The molecule has 0 heterocycles. The molecule has 0 radical (unpaired) electrons. The second kappa shape index (κ2) is 5.70. The summed E-state index contributed by atoms with van der Waals surface area (Å²) in [5, 5.41) is 20.7. The smallest absolute Gasteiger partial charge is 0.254 e. The van der Waals surface area contributed by atoms with Crippen LogP contribution in [0.1, 0.15) is 29.6 Å². The molecule has 2 atom stereocenters. The predicted molar refractivity (Wildman–Crippen MR) is 63.7 cm³/mol. The maximum atomic E-state index is 13.6. The molecule has 1 fully saturated rings. The van der Waals surface area contributed by atoms with Crippen molar-refractivity contribution < 1.29 is 28.2 Å². The lowest BCUT2D eigenvalue weighted by atomic mass is 10.0. The van der Waals surface area contributed by atoms with Gasteiger partial charge < -0.3 is 15.5 Å². The van der Waals surface area contributed by atoms with E-state index in [1.807, 2.05) is 0 Å². The summed E-state index contributed by atoms with van der Waals surface area (Å²) in [6.07, 6.45) is 2.16. The van der Waals surface area contributed by atoms with E-state index < -0.39 is 34.7 Å². The van der Waals surface area contributed by atoms with Crippen LogP contribution in [0.3, 0.4) is 0 Å². The number of hydrogen-bond acceptors (Lipinski definition) is 3. The van der Waals surface area contributed by atoms with Crippen LogP contribution in [0, 0.1) is 23.4 Å². The molecule has 0 saturated heterocycles. The number of benzene rings is 1. The van der Waals surface area contributed by atoms with Gasteiger partial charge in [0.05, 0.1) is 5.56 Å². The molecule has 7 heteroatoms. The molecule has 0 spiro atoms. The highest BCUT2D eigenvalue weighted by molar-refractivity contribution is 5.95. The van der Waals surface area contributed by atoms with E-state index in [2.05, 4.69) is 5.32 Å². The minimum atomic E-state index is -1.73. The fraction of sp³-hybridized carbons (Fsp3) is 0.462. The first kappa shape index (κ1) is 14.6. The molecule has 0 aromatic heterocycles. The molecule has 110 valence electrons. The Morgan fingerprint density at radius 3 is 2.65 bits per heavy atom. The van der Waals surface area contributed by atoms with Gasteiger partial charge in [-0.1, -0.05) is 6.42 Å². The van der Waals surface area contributed by atoms with Crippen LogP contribution in [0.15, 0.2) is 6.07 Å². The summed E-state index contributed by atoms with van der Waals surface area (Å²) >= 11 is 0. The fourth-order valence-corrected chi connectivity index (χ4v) is 2.45. The third-order valence-corrected chi connectivity index (χ3v) is 3.59. The SMILES string of the molecule is O=C(NC1CCCC1CO)c1cc(F)c(F)c(O)c1F. The van der Waals surface area contributed by atoms with E-state index in [4.69, 9.17) is 10.2 Å². The molecule has 1 aromatic carbocycles. The normalized spacial score (nSPS) is 22.0. The first-order valence-electron chi connectivity index (χ1n) is 6.24. The monoisotopic (exact) mass is 289 g/mol. The van der Waals surface area contributed by atoms with Crippen molar-refractivity contribution >= 4 is 5.91 Å². The zero-order valence-electron chi connectivity index (χ0n) is 10.5. The highest BCUT2D eigenvalue weighted by atomic mass is 19.2. The summed E-state index contributed by atoms with van der Waals surface area (Å²) in [6, 6.07) is 0.0602. The molecule has 2 rings (SSSR count). The Balaban J connectivity index is 2.22. The number of carbonyl (C=O) groups excluding carboxylic acids is 1. The van der Waals surface area contributed by atoms with Crippen molar-refractivity contribution in [3.8, 4) is 5.75 Å². The van der Waals surface area contributed by atoms with Crippen LogP contribution >= 0.6 is 0 Å². The Kier molecular flexibility index (Phi) is 4.17. The van der Waals surface area contributed by atoms with Gasteiger partial charge in [0.1, 0.15) is 0 Å². The van der Waals surface area contributed by atoms with Crippen molar-refractivity contribution in [2.24, 2.45) is 5.92 Å². The van der Waals surface area contributed by atoms with Crippen LogP contribution in [0.4, 0.5) is 13.2 Å². The molecule has 0 aliphatic heterocycles. The summed E-state index contributed by atoms with van der Waals surface area (Å²) in [7, 11) is 0. The van der Waals surface area contributed by atoms with Gasteiger partial charge in [0, 0.05) is 18.6 Å². The largest absolute Gasteiger partial charge is 0.503 e. The Morgan fingerprint density at radius 1 is 1.30 bits per heavy atom. The summed E-state index contributed by atoms with van der Waals surface area (Å²) in [5.41, 5.74) is -0.759. The lowest BCUT2D eigenvalue weighted by Crippen LogP contribution is -2.39. The average Bonchev–Trinajstić information content (AvgIpc) is 2.87. The molecular formula is C13H14F3NO3. The third kappa shape index (κ3) is 2.58. The van der Waals surface area contributed by atoms with Crippen molar-refractivity contribution in [1.29, 1.82) is 0 Å². The number of aliphatic hydroxyl groups is 1. The Labute approximate surface area is 113 Å². The molecule has 4 nitrogen and oxygen atoms in total. The van der Waals surface area contributed by atoms with Gasteiger partial charge in [0.25, 0.3) is 5.91 Å². The van der Waals surface area contributed by atoms with Crippen LogP contribution in [-0.4, -0.2) is 28.8 Å². The Hall–Kier alpha value is -1.76. The number of nitrogens with one attached hydrogen (secondary N) is 1. The van der Waals surface area contributed by atoms with Crippen molar-refractivity contribution in [3.05, 3.63) is 29.1 Å². The predicted octanol–water partition coefficient (Wildman–Crippen LogP) is 1.70. The molecule has 1 saturated carbocycles. The molecule has 1 amide bonds. The minimum Gasteiger partial charge on any atom is -0.503 e. The lowest BCUT2D eigenvalue weighted by molar-refractivity contribution is 0.0910. The molecule has 1 aliphatic carbocycles. The lowest BCUT2D eigenvalue weighted by Gasteiger charge is -2.19. The van der Waals surface area contributed by atoms with Gasteiger partial charge in [-0.25, -0.2) is 8.78 Å². The van der Waals surface area contributed by atoms with E-state index in [0.29, 0.717) is 12.5 Å². The van der Waals surface area contributed by atoms with Gasteiger partial charge in [-0.2, -0.15) is 4.39 Å². The van der Waals surface area contributed by atoms with E-state index in [-0.39, 0.29) is 18.6 Å². The maximum absolute atomic E-state index is 13.6. The number of carbonyl (C=O) groups is 1. The van der Waals surface area contributed by atoms with Crippen LogP contribution in [0.25, 0.3) is 0 Å². The zero-order chi connectivity index (χ0) is 14.9. The van der Waals surface area contributed by atoms with Crippen LogP contribution in [0.2, 0.25) is 0 Å². The summed E-state index contributed by atoms with van der Waals surface area (Å²) in [5.74, 6) is -7.32. The number of rotatable bonds is 3. The second-order valence-electron chi connectivity index (χ2n) is 4.84.